The number of H-pyrrole nitrogens is 2. The number of carbonyl (C=O) groups is 4. The predicted molar refractivity (Wildman–Crippen MR) is 220 cm³/mol. The Bertz CT molecular complexity index is 2460. The Morgan fingerprint density at radius 3 is 2.10 bits per heavy atom. The summed E-state index contributed by atoms with van der Waals surface area (Å²) >= 11 is 0. The van der Waals surface area contributed by atoms with Gasteiger partial charge in [-0.3, -0.25) is 9.59 Å². The van der Waals surface area contributed by atoms with Crippen molar-refractivity contribution in [2.75, 3.05) is 27.3 Å². The number of hydrogen-bond acceptors (Lipinski definition) is 8. The quantitative estimate of drug-likeness (QED) is 0.133. The van der Waals surface area contributed by atoms with E-state index < -0.39 is 24.3 Å². The molecule has 2 aliphatic heterocycles. The summed E-state index contributed by atoms with van der Waals surface area (Å²) in [5.74, 6) is 7.68. The van der Waals surface area contributed by atoms with Gasteiger partial charge in [-0.2, -0.15) is 0 Å². The fourth-order valence-electron chi connectivity index (χ4n) is 8.55. The van der Waals surface area contributed by atoms with Gasteiger partial charge in [0.2, 0.25) is 5.91 Å². The van der Waals surface area contributed by atoms with E-state index >= 15 is 0 Å². The van der Waals surface area contributed by atoms with Crippen LogP contribution in [-0.4, -0.2) is 87.1 Å². The molecule has 2 fully saturated rings. The van der Waals surface area contributed by atoms with Crippen LogP contribution >= 0.6 is 0 Å². The van der Waals surface area contributed by atoms with Gasteiger partial charge in [0, 0.05) is 35.5 Å². The van der Waals surface area contributed by atoms with Crippen molar-refractivity contribution < 1.29 is 28.7 Å². The number of hydrogen-bond donors (Lipinski definition) is 4. The first-order valence-electron chi connectivity index (χ1n) is 20.2. The van der Waals surface area contributed by atoms with E-state index in [0.29, 0.717) is 24.5 Å². The van der Waals surface area contributed by atoms with Crippen molar-refractivity contribution in [3.8, 4) is 23.1 Å². The van der Waals surface area contributed by atoms with Crippen LogP contribution in [0.25, 0.3) is 22.3 Å². The second-order valence-electron chi connectivity index (χ2n) is 15.6. The number of nitrogens with one attached hydrogen (secondary N) is 4. The van der Waals surface area contributed by atoms with Gasteiger partial charge in [0.1, 0.15) is 23.7 Å². The first-order valence-corrected chi connectivity index (χ1v) is 20.2. The fraction of sp³-hybridized carbons (Fsp3) is 0.378. The molecular formula is C45H48N8O6. The van der Waals surface area contributed by atoms with Gasteiger partial charge in [0.25, 0.3) is 5.91 Å². The zero-order valence-electron chi connectivity index (χ0n) is 33.6. The number of ether oxygens (including phenoxy) is 2. The van der Waals surface area contributed by atoms with E-state index in [1.807, 2.05) is 73.3 Å². The Morgan fingerprint density at radius 2 is 1.41 bits per heavy atom. The summed E-state index contributed by atoms with van der Waals surface area (Å²) < 4.78 is 9.62. The van der Waals surface area contributed by atoms with E-state index in [1.54, 1.807) is 4.90 Å². The Kier molecular flexibility index (Phi) is 11.1. The minimum Gasteiger partial charge on any atom is -0.453 e. The highest BCUT2D eigenvalue weighted by molar-refractivity contribution is 5.88. The topological polar surface area (TPSA) is 175 Å². The van der Waals surface area contributed by atoms with E-state index in [0.717, 1.165) is 83.5 Å². The molecule has 0 saturated carbocycles. The summed E-state index contributed by atoms with van der Waals surface area (Å²) in [4.78, 5) is 72.5. The molecule has 4 heterocycles. The average molecular weight is 797 g/mol. The maximum absolute atomic E-state index is 13.9. The molecule has 2 saturated heterocycles. The number of rotatable bonds is 8. The van der Waals surface area contributed by atoms with Gasteiger partial charge >= 0.3 is 12.2 Å². The first kappa shape index (κ1) is 39.2. The highest BCUT2D eigenvalue weighted by Gasteiger charge is 2.39. The lowest BCUT2D eigenvalue weighted by Gasteiger charge is -2.30. The molecule has 0 spiro atoms. The van der Waals surface area contributed by atoms with E-state index in [-0.39, 0.29) is 29.8 Å². The molecule has 1 aliphatic carbocycles. The van der Waals surface area contributed by atoms with E-state index in [1.165, 1.54) is 19.8 Å². The second kappa shape index (κ2) is 16.7. The third-order valence-electron chi connectivity index (χ3n) is 11.6. The van der Waals surface area contributed by atoms with E-state index in [9.17, 15) is 19.2 Å². The first-order chi connectivity index (χ1) is 28.6. The second-order valence-corrected chi connectivity index (χ2v) is 15.6. The van der Waals surface area contributed by atoms with Gasteiger partial charge in [-0.1, -0.05) is 62.1 Å². The van der Waals surface area contributed by atoms with Crippen LogP contribution in [0.5, 0.6) is 0 Å². The number of aromatic nitrogens is 4. The summed E-state index contributed by atoms with van der Waals surface area (Å²) in [5, 5.41) is 5.43. The molecular weight excluding hydrogens is 749 g/mol. The molecule has 8 rings (SSSR count). The van der Waals surface area contributed by atoms with E-state index in [4.69, 9.17) is 19.4 Å². The summed E-state index contributed by atoms with van der Waals surface area (Å²) in [5.41, 5.74) is 8.20. The van der Waals surface area contributed by atoms with Crippen LogP contribution in [-0.2, 0) is 31.9 Å². The van der Waals surface area contributed by atoms with Crippen molar-refractivity contribution in [3.05, 3.63) is 106 Å². The van der Waals surface area contributed by atoms with Crippen LogP contribution in [0.4, 0.5) is 9.59 Å². The van der Waals surface area contributed by atoms with Crippen molar-refractivity contribution in [2.45, 2.75) is 76.5 Å². The van der Waals surface area contributed by atoms with Gasteiger partial charge in [-0.15, -0.1) is 0 Å². The van der Waals surface area contributed by atoms with Gasteiger partial charge in [0.15, 0.2) is 0 Å². The molecule has 14 nitrogen and oxygen atoms in total. The summed E-state index contributed by atoms with van der Waals surface area (Å²) in [6.07, 6.45) is 3.52. The molecule has 2 aromatic heterocycles. The maximum Gasteiger partial charge on any atom is 0.407 e. The molecule has 304 valence electrons. The largest absolute Gasteiger partial charge is 0.453 e. The Balaban J connectivity index is 0.976. The predicted octanol–water partition coefficient (Wildman–Crippen LogP) is 6.26. The standard InChI is InChI=1S/C45H48N8O6/c1-26(2)37(50-44(56)58-3)42(54)52-22-9-13-36(52)41-47-33-21-18-30-24-27(16-19-31(30)39(33)49-41)14-15-28-17-20-32-34(25-28)48-40(46-32)35-12-8-23-53(35)43(55)38(51-45(57)59-4)29-10-6-5-7-11-29/h5-7,10-11,16-17,19-20,24-26,35-38H,8-9,12-13,18,21-23H2,1-4H3,(H,46,48)(H,47,49)(H,50,56)(H,51,57)/t35-,36-,37-,38+/m0/s1. The molecule has 4 N–H and O–H groups in total. The van der Waals surface area contributed by atoms with Crippen molar-refractivity contribution in [2.24, 2.45) is 5.92 Å². The smallest absolute Gasteiger partial charge is 0.407 e. The van der Waals surface area contributed by atoms with Gasteiger partial charge in [-0.05, 0) is 85.9 Å². The third-order valence-corrected chi connectivity index (χ3v) is 11.6. The molecule has 0 radical (unpaired) electrons. The number of benzene rings is 3. The number of carbonyl (C=O) groups excluding carboxylic acids is 4. The van der Waals surface area contributed by atoms with Gasteiger partial charge < -0.3 is 39.9 Å². The number of methoxy groups -OCH3 is 2. The van der Waals surface area contributed by atoms with Gasteiger partial charge in [0.05, 0.1) is 43.0 Å². The van der Waals surface area contributed by atoms with Crippen LogP contribution in [0.1, 0.15) is 97.3 Å². The van der Waals surface area contributed by atoms with Crippen molar-refractivity contribution in [3.63, 3.8) is 0 Å². The Hall–Kier alpha value is -6.62. The number of fused-ring (bicyclic) bond motifs is 4. The van der Waals surface area contributed by atoms with Crippen molar-refractivity contribution >= 4 is 35.0 Å². The summed E-state index contributed by atoms with van der Waals surface area (Å²) in [7, 11) is 2.57. The number of amides is 4. The van der Waals surface area contributed by atoms with Gasteiger partial charge in [-0.25, -0.2) is 19.6 Å². The summed E-state index contributed by atoms with van der Waals surface area (Å²) in [6.45, 7) is 4.96. The molecule has 0 unspecified atom stereocenters. The number of imidazole rings is 2. The maximum atomic E-state index is 13.9. The molecule has 4 atom stereocenters. The molecule has 5 aromatic rings. The lowest BCUT2D eigenvalue weighted by atomic mass is 9.91. The lowest BCUT2D eigenvalue weighted by molar-refractivity contribution is -0.135. The normalized spacial score (nSPS) is 18.1. The molecule has 3 aliphatic rings. The molecule has 59 heavy (non-hydrogen) atoms. The minimum atomic E-state index is -0.889. The zero-order valence-corrected chi connectivity index (χ0v) is 33.6. The molecule has 0 bridgehead atoms. The minimum absolute atomic E-state index is 0.108. The SMILES string of the molecule is COC(=O)N[C@H](C(=O)N1CCC[C@H]1c1nc2c([nH]1)CCc1cc(C#Cc3ccc4nc([C@@H]5CCCN5C(=O)[C@H](NC(=O)OC)c5ccccc5)[nH]c4c3)ccc1-2)C(C)C. The highest BCUT2D eigenvalue weighted by Crippen LogP contribution is 2.38. The fourth-order valence-corrected chi connectivity index (χ4v) is 8.55. The number of likely N-dealkylation sites (tertiary alicyclic amines) is 2. The summed E-state index contributed by atoms with van der Waals surface area (Å²) in [6, 6.07) is 19.2. The van der Waals surface area contributed by atoms with Crippen LogP contribution in [0.3, 0.4) is 0 Å². The lowest BCUT2D eigenvalue weighted by Crippen LogP contribution is -2.51. The third kappa shape index (κ3) is 7.97. The van der Waals surface area contributed by atoms with Crippen LogP contribution in [0.15, 0.2) is 66.7 Å². The van der Waals surface area contributed by atoms with Crippen LogP contribution < -0.4 is 10.6 Å². The van der Waals surface area contributed by atoms with Crippen molar-refractivity contribution in [1.82, 2.24) is 40.4 Å². The number of nitrogens with zero attached hydrogens (tertiary/aromatic N) is 4. The molecule has 3 aromatic carbocycles. The van der Waals surface area contributed by atoms with Crippen LogP contribution in [0, 0.1) is 17.8 Å². The number of aromatic amines is 2. The monoisotopic (exact) mass is 796 g/mol. The van der Waals surface area contributed by atoms with E-state index in [2.05, 4.69) is 44.6 Å². The Labute approximate surface area is 342 Å². The average Bonchev–Trinajstić information content (AvgIpc) is 4.09. The molecule has 4 amide bonds. The molecule has 14 heteroatoms. The number of alkyl carbamates (subject to hydrolysis) is 2. The van der Waals surface area contributed by atoms with Crippen LogP contribution in [0.2, 0.25) is 0 Å². The number of aryl methyl sites for hydroxylation is 2. The highest BCUT2D eigenvalue weighted by atomic mass is 16.5. The van der Waals surface area contributed by atoms with Crippen molar-refractivity contribution in [1.29, 1.82) is 0 Å². The Morgan fingerprint density at radius 1 is 0.763 bits per heavy atom. The zero-order chi connectivity index (χ0) is 41.2.